The van der Waals surface area contributed by atoms with Gasteiger partial charge in [-0.3, -0.25) is 29.4 Å². The van der Waals surface area contributed by atoms with Gasteiger partial charge in [-0.25, -0.2) is 4.79 Å². The van der Waals surface area contributed by atoms with Crippen molar-refractivity contribution in [2.24, 2.45) is 0 Å². The molecule has 1 aliphatic rings. The van der Waals surface area contributed by atoms with Gasteiger partial charge in [0.1, 0.15) is 17.6 Å². The molecule has 0 aliphatic carbocycles. The van der Waals surface area contributed by atoms with Crippen molar-refractivity contribution in [2.45, 2.75) is 32.4 Å². The minimum absolute atomic E-state index is 0.0838. The number of aromatic nitrogens is 2. The van der Waals surface area contributed by atoms with E-state index in [1.165, 1.54) is 39.9 Å². The van der Waals surface area contributed by atoms with Crippen LogP contribution in [0.5, 0.6) is 5.75 Å². The Kier molecular flexibility index (Phi) is 4.97. The van der Waals surface area contributed by atoms with Gasteiger partial charge >= 0.3 is 6.09 Å². The number of aryl methyl sites for hydroxylation is 1. The molecule has 9 nitrogen and oxygen atoms in total. The fraction of sp³-hybridized carbons (Fsp3) is 0.353. The van der Waals surface area contributed by atoms with E-state index in [-0.39, 0.29) is 17.0 Å². The first-order valence-electron chi connectivity index (χ1n) is 8.24. The lowest BCUT2D eigenvalue weighted by atomic mass is 10.1. The van der Waals surface area contributed by atoms with Crippen molar-refractivity contribution in [1.29, 1.82) is 0 Å². The molecule has 9 heteroatoms. The fourth-order valence-corrected chi connectivity index (χ4v) is 2.97. The van der Waals surface area contributed by atoms with Crippen LogP contribution in [-0.2, 0) is 0 Å². The summed E-state index contributed by atoms with van der Waals surface area (Å²) in [6.07, 6.45) is 4.40. The van der Waals surface area contributed by atoms with E-state index >= 15 is 0 Å². The van der Waals surface area contributed by atoms with Crippen LogP contribution in [0.25, 0.3) is 0 Å². The van der Waals surface area contributed by atoms with Crippen molar-refractivity contribution in [2.75, 3.05) is 6.54 Å². The molecule has 1 aliphatic heterocycles. The van der Waals surface area contributed by atoms with Gasteiger partial charge < -0.3 is 4.74 Å². The Hall–Kier alpha value is -3.23. The molecule has 3 rings (SSSR count). The fourth-order valence-electron chi connectivity index (χ4n) is 2.97. The van der Waals surface area contributed by atoms with Crippen LogP contribution in [0.3, 0.4) is 0 Å². The van der Waals surface area contributed by atoms with Gasteiger partial charge in [0.2, 0.25) is 0 Å². The number of ether oxygens (including phenoxy) is 1. The second kappa shape index (κ2) is 7.34. The molecule has 0 saturated carbocycles. The first-order valence-corrected chi connectivity index (χ1v) is 8.24. The number of piperidine rings is 1. The first kappa shape index (κ1) is 17.6. The molecule has 1 saturated heterocycles. The zero-order chi connectivity index (χ0) is 18.7. The quantitative estimate of drug-likeness (QED) is 0.616. The van der Waals surface area contributed by atoms with Gasteiger partial charge in [0.15, 0.2) is 0 Å². The number of hydrogen-bond acceptors (Lipinski definition) is 6. The predicted molar refractivity (Wildman–Crippen MR) is 91.9 cm³/mol. The molecule has 26 heavy (non-hydrogen) atoms. The van der Waals surface area contributed by atoms with Crippen LogP contribution in [0.2, 0.25) is 0 Å². The molecule has 1 atom stereocenters. The molecule has 0 N–H and O–H groups in total. The Labute approximate surface area is 149 Å². The lowest BCUT2D eigenvalue weighted by molar-refractivity contribution is -0.384. The minimum atomic E-state index is -0.593. The van der Waals surface area contributed by atoms with Gasteiger partial charge in [0.25, 0.3) is 11.2 Å². The van der Waals surface area contributed by atoms with Gasteiger partial charge in [0, 0.05) is 31.1 Å². The number of rotatable bonds is 3. The van der Waals surface area contributed by atoms with Crippen molar-refractivity contribution < 1.29 is 14.5 Å². The topological polar surface area (TPSA) is 108 Å². The van der Waals surface area contributed by atoms with Crippen LogP contribution in [0.1, 0.15) is 31.1 Å². The van der Waals surface area contributed by atoms with E-state index in [0.29, 0.717) is 18.7 Å². The van der Waals surface area contributed by atoms with E-state index < -0.39 is 17.2 Å². The van der Waals surface area contributed by atoms with Gasteiger partial charge in [-0.1, -0.05) is 0 Å². The highest BCUT2D eigenvalue weighted by atomic mass is 16.6. The molecule has 0 spiro atoms. The number of carbonyl (C=O) groups is 1. The molecule has 1 aromatic carbocycles. The van der Waals surface area contributed by atoms with Crippen molar-refractivity contribution in [3.05, 3.63) is 62.8 Å². The summed E-state index contributed by atoms with van der Waals surface area (Å²) in [4.78, 5) is 40.6. The lowest BCUT2D eigenvalue weighted by Gasteiger charge is -2.35. The zero-order valence-electron chi connectivity index (χ0n) is 14.2. The van der Waals surface area contributed by atoms with E-state index in [1.54, 1.807) is 13.1 Å². The molecule has 2 heterocycles. The summed E-state index contributed by atoms with van der Waals surface area (Å²) in [5, 5.41) is 10.7. The maximum atomic E-state index is 12.6. The van der Waals surface area contributed by atoms with E-state index in [1.807, 2.05) is 0 Å². The van der Waals surface area contributed by atoms with Crippen molar-refractivity contribution >= 4 is 11.8 Å². The van der Waals surface area contributed by atoms with Gasteiger partial charge in [-0.15, -0.1) is 0 Å². The summed E-state index contributed by atoms with van der Waals surface area (Å²) in [6, 6.07) is 5.29. The number of nitro groups is 1. The lowest BCUT2D eigenvalue weighted by Crippen LogP contribution is -2.45. The standard InChI is InChI=1S/C17H18N4O5/c1-12-16(22)19(11-9-18-12)15-4-2-3-10-20(15)17(23)26-14-7-5-13(6-8-14)21(24)25/h5-9,11,15H,2-4,10H2,1H3. The number of amides is 1. The third-order valence-electron chi connectivity index (χ3n) is 4.32. The van der Waals surface area contributed by atoms with Gasteiger partial charge in [-0.2, -0.15) is 0 Å². The smallest absolute Gasteiger partial charge is 0.410 e. The number of nitro benzene ring substituents is 1. The molecular weight excluding hydrogens is 340 g/mol. The number of nitrogens with zero attached hydrogens (tertiary/aromatic N) is 4. The van der Waals surface area contributed by atoms with E-state index in [4.69, 9.17) is 4.74 Å². The van der Waals surface area contributed by atoms with Gasteiger partial charge in [-0.05, 0) is 38.3 Å². The maximum Gasteiger partial charge on any atom is 0.416 e. The summed E-state index contributed by atoms with van der Waals surface area (Å²) in [5.41, 5.74) is 0.0359. The summed E-state index contributed by atoms with van der Waals surface area (Å²) < 4.78 is 6.84. The first-order chi connectivity index (χ1) is 12.5. The SMILES string of the molecule is Cc1nccn(C2CCCCN2C(=O)Oc2ccc([N+](=O)[O-])cc2)c1=O. The maximum absolute atomic E-state index is 12.6. The highest BCUT2D eigenvalue weighted by Crippen LogP contribution is 2.26. The number of hydrogen-bond donors (Lipinski definition) is 0. The Bertz CT molecular complexity index is 877. The average molecular weight is 358 g/mol. The normalized spacial score (nSPS) is 17.0. The van der Waals surface area contributed by atoms with E-state index in [0.717, 1.165) is 12.8 Å². The van der Waals surface area contributed by atoms with E-state index in [9.17, 15) is 19.7 Å². The number of likely N-dealkylation sites (tertiary alicyclic amines) is 1. The second-order valence-corrected chi connectivity index (χ2v) is 6.01. The summed E-state index contributed by atoms with van der Waals surface area (Å²) in [7, 11) is 0. The Morgan fingerprint density at radius 1 is 1.31 bits per heavy atom. The molecule has 136 valence electrons. The average Bonchev–Trinajstić information content (AvgIpc) is 2.64. The largest absolute Gasteiger partial charge is 0.416 e. The molecular formula is C17H18N4O5. The second-order valence-electron chi connectivity index (χ2n) is 6.01. The molecule has 1 aromatic heterocycles. The van der Waals surface area contributed by atoms with Crippen LogP contribution in [-0.4, -0.2) is 32.0 Å². The van der Waals surface area contributed by atoms with Crippen molar-refractivity contribution in [1.82, 2.24) is 14.5 Å². The van der Waals surface area contributed by atoms with Crippen LogP contribution in [0.4, 0.5) is 10.5 Å². The van der Waals surface area contributed by atoms with Gasteiger partial charge in [0.05, 0.1) is 4.92 Å². The monoisotopic (exact) mass is 358 g/mol. The molecule has 1 amide bonds. The molecule has 1 fully saturated rings. The number of non-ortho nitro benzene ring substituents is 1. The predicted octanol–water partition coefficient (Wildman–Crippen LogP) is 2.64. The van der Waals surface area contributed by atoms with Crippen LogP contribution >= 0.6 is 0 Å². The van der Waals surface area contributed by atoms with Crippen LogP contribution in [0.15, 0.2) is 41.5 Å². The minimum Gasteiger partial charge on any atom is -0.410 e. The highest BCUT2D eigenvalue weighted by molar-refractivity contribution is 5.71. The molecule has 0 radical (unpaired) electrons. The van der Waals surface area contributed by atoms with Crippen LogP contribution < -0.4 is 10.3 Å². The summed E-state index contributed by atoms with van der Waals surface area (Å²) in [5.74, 6) is 0.211. The Morgan fingerprint density at radius 2 is 2.04 bits per heavy atom. The van der Waals surface area contributed by atoms with Crippen LogP contribution in [0, 0.1) is 17.0 Å². The molecule has 1 unspecified atom stereocenters. The zero-order valence-corrected chi connectivity index (χ0v) is 14.2. The third-order valence-corrected chi connectivity index (χ3v) is 4.32. The number of benzene rings is 1. The summed E-state index contributed by atoms with van der Waals surface area (Å²) >= 11 is 0. The molecule has 2 aromatic rings. The Morgan fingerprint density at radius 3 is 2.73 bits per heavy atom. The van der Waals surface area contributed by atoms with Crippen molar-refractivity contribution in [3.8, 4) is 5.75 Å². The highest BCUT2D eigenvalue weighted by Gasteiger charge is 2.30. The Balaban J connectivity index is 1.81. The van der Waals surface area contributed by atoms with E-state index in [2.05, 4.69) is 4.98 Å². The molecule has 0 bridgehead atoms. The summed E-state index contributed by atoms with van der Waals surface area (Å²) in [6.45, 7) is 2.09. The van der Waals surface area contributed by atoms with Crippen molar-refractivity contribution in [3.63, 3.8) is 0 Å². The third kappa shape index (κ3) is 3.56. The number of carbonyl (C=O) groups excluding carboxylic acids is 1.